The van der Waals surface area contributed by atoms with Gasteiger partial charge in [-0.1, -0.05) is 13.0 Å². The van der Waals surface area contributed by atoms with Gasteiger partial charge in [0, 0.05) is 0 Å². The second-order valence-corrected chi connectivity index (χ2v) is 5.32. The third kappa shape index (κ3) is 2.37. The summed E-state index contributed by atoms with van der Waals surface area (Å²) >= 11 is 0. The normalized spacial score (nSPS) is 19.7. The zero-order valence-corrected chi connectivity index (χ0v) is 10.4. The van der Waals surface area contributed by atoms with Crippen LogP contribution >= 0.6 is 0 Å². The number of hydrogen-bond donors (Lipinski definition) is 2. The maximum atomic E-state index is 12.6. The van der Waals surface area contributed by atoms with Crippen LogP contribution in [0.25, 0.3) is 0 Å². The maximum absolute atomic E-state index is 12.6. The summed E-state index contributed by atoms with van der Waals surface area (Å²) in [6, 6.07) is 3.76. The van der Waals surface area contributed by atoms with E-state index in [4.69, 9.17) is 5.84 Å². The quantitative estimate of drug-likeness (QED) is 0.644. The lowest BCUT2D eigenvalue weighted by Crippen LogP contribution is -2.34. The lowest BCUT2D eigenvalue weighted by atomic mass is 9.89. The van der Waals surface area contributed by atoms with E-state index in [9.17, 15) is 13.2 Å². The fourth-order valence-electron chi connectivity index (χ4n) is 2.33. The smallest absolute Gasteiger partial charge is 0.271 e. The van der Waals surface area contributed by atoms with Crippen LogP contribution in [0.4, 0.5) is 13.2 Å². The van der Waals surface area contributed by atoms with Crippen molar-refractivity contribution >= 4 is 0 Å². The first-order chi connectivity index (χ1) is 8.28. The first-order valence-corrected chi connectivity index (χ1v) is 5.92. The van der Waals surface area contributed by atoms with Gasteiger partial charge in [0.15, 0.2) is 0 Å². The highest BCUT2D eigenvalue weighted by molar-refractivity contribution is 5.36. The van der Waals surface area contributed by atoms with Gasteiger partial charge < -0.3 is 0 Å². The first-order valence-electron chi connectivity index (χ1n) is 5.92. The molecular weight excluding hydrogens is 241 g/mol. The minimum atomic E-state index is -4.29. The molecule has 0 aromatic heterocycles. The van der Waals surface area contributed by atoms with Crippen molar-refractivity contribution in [2.75, 3.05) is 0 Å². The minimum absolute atomic E-state index is 0.0687. The largest absolute Gasteiger partial charge is 0.416 e. The van der Waals surface area contributed by atoms with E-state index in [0.717, 1.165) is 24.5 Å². The van der Waals surface area contributed by atoms with Crippen LogP contribution in [0.2, 0.25) is 0 Å². The Labute approximate surface area is 104 Å². The maximum Gasteiger partial charge on any atom is 0.416 e. The van der Waals surface area contributed by atoms with Crippen molar-refractivity contribution in [3.63, 3.8) is 0 Å². The summed E-state index contributed by atoms with van der Waals surface area (Å²) in [6.45, 7) is 3.79. The third-order valence-corrected chi connectivity index (χ3v) is 3.81. The molecule has 0 spiro atoms. The van der Waals surface area contributed by atoms with E-state index >= 15 is 0 Å². The molecule has 0 radical (unpaired) electrons. The molecule has 18 heavy (non-hydrogen) atoms. The van der Waals surface area contributed by atoms with Crippen LogP contribution in [0.3, 0.4) is 0 Å². The van der Waals surface area contributed by atoms with Crippen molar-refractivity contribution in [1.82, 2.24) is 5.43 Å². The minimum Gasteiger partial charge on any atom is -0.271 e. The topological polar surface area (TPSA) is 38.0 Å². The number of alkyl halides is 3. The van der Waals surface area contributed by atoms with Gasteiger partial charge >= 0.3 is 6.18 Å². The second kappa shape index (κ2) is 4.24. The molecule has 1 aromatic rings. The molecule has 2 nitrogen and oxygen atoms in total. The summed E-state index contributed by atoms with van der Waals surface area (Å²) in [4.78, 5) is 0. The fraction of sp³-hybridized carbons (Fsp3) is 0.538. The summed E-state index contributed by atoms with van der Waals surface area (Å²) < 4.78 is 37.8. The fourth-order valence-corrected chi connectivity index (χ4v) is 2.33. The highest BCUT2D eigenvalue weighted by atomic mass is 19.4. The average molecular weight is 258 g/mol. The van der Waals surface area contributed by atoms with Gasteiger partial charge in [-0.15, -0.1) is 0 Å². The van der Waals surface area contributed by atoms with E-state index in [1.807, 2.05) is 0 Å². The molecule has 1 aliphatic rings. The lowest BCUT2D eigenvalue weighted by Gasteiger charge is -2.25. The Balaban J connectivity index is 2.35. The number of nitrogens with one attached hydrogen (secondary N) is 1. The Morgan fingerprint density at radius 1 is 1.33 bits per heavy atom. The molecule has 1 saturated carbocycles. The van der Waals surface area contributed by atoms with E-state index in [-0.39, 0.29) is 11.5 Å². The van der Waals surface area contributed by atoms with Crippen LogP contribution in [0.5, 0.6) is 0 Å². The molecule has 1 unspecified atom stereocenters. The zero-order valence-electron chi connectivity index (χ0n) is 10.4. The molecule has 1 aliphatic carbocycles. The highest BCUT2D eigenvalue weighted by Gasteiger charge is 2.45. The van der Waals surface area contributed by atoms with Crippen LogP contribution in [-0.4, -0.2) is 0 Å². The van der Waals surface area contributed by atoms with Crippen molar-refractivity contribution in [2.45, 2.75) is 38.9 Å². The molecule has 5 heteroatoms. The summed E-state index contributed by atoms with van der Waals surface area (Å²) in [5.74, 6) is 5.55. The first kappa shape index (κ1) is 13.4. The predicted molar refractivity (Wildman–Crippen MR) is 63.6 cm³/mol. The van der Waals surface area contributed by atoms with E-state index in [0.29, 0.717) is 5.56 Å². The van der Waals surface area contributed by atoms with Crippen molar-refractivity contribution < 1.29 is 13.2 Å². The Hall–Kier alpha value is -1.07. The third-order valence-electron chi connectivity index (χ3n) is 3.81. The van der Waals surface area contributed by atoms with E-state index in [2.05, 4.69) is 12.3 Å². The standard InChI is InChI=1S/C13H17F3N2/c1-8-7-9(13(14,15)16)3-4-10(8)11(18-17)12(2)5-6-12/h3-4,7,11,18H,5-6,17H2,1-2H3. The van der Waals surface area contributed by atoms with Crippen LogP contribution in [0.1, 0.15) is 42.5 Å². The molecule has 0 aliphatic heterocycles. The van der Waals surface area contributed by atoms with E-state index in [1.165, 1.54) is 12.1 Å². The Morgan fingerprint density at radius 3 is 2.33 bits per heavy atom. The van der Waals surface area contributed by atoms with E-state index < -0.39 is 11.7 Å². The van der Waals surface area contributed by atoms with Gasteiger partial charge in [0.05, 0.1) is 11.6 Å². The SMILES string of the molecule is Cc1cc(C(F)(F)F)ccc1C(NN)C1(C)CC1. The number of benzene rings is 1. The molecule has 0 amide bonds. The number of hydrazine groups is 1. The molecular formula is C13H17F3N2. The Kier molecular flexibility index (Phi) is 3.15. The van der Waals surface area contributed by atoms with Gasteiger partial charge in [-0.25, -0.2) is 0 Å². The molecule has 1 aromatic carbocycles. The van der Waals surface area contributed by atoms with Crippen molar-refractivity contribution in [3.8, 4) is 0 Å². The number of aryl methyl sites for hydroxylation is 1. The average Bonchev–Trinajstić information content (AvgIpc) is 2.99. The molecule has 1 fully saturated rings. The summed E-state index contributed by atoms with van der Waals surface area (Å²) in [5, 5.41) is 0. The number of hydrogen-bond acceptors (Lipinski definition) is 2. The van der Waals surface area contributed by atoms with Crippen molar-refractivity contribution in [2.24, 2.45) is 11.3 Å². The molecule has 0 heterocycles. The second-order valence-electron chi connectivity index (χ2n) is 5.32. The van der Waals surface area contributed by atoms with Gasteiger partial charge in [-0.05, 0) is 48.4 Å². The summed E-state index contributed by atoms with van der Waals surface area (Å²) in [5.41, 5.74) is 3.67. The van der Waals surface area contributed by atoms with Crippen molar-refractivity contribution in [3.05, 3.63) is 34.9 Å². The predicted octanol–water partition coefficient (Wildman–Crippen LogP) is 3.32. The molecule has 1 atom stereocenters. The lowest BCUT2D eigenvalue weighted by molar-refractivity contribution is -0.137. The van der Waals surface area contributed by atoms with Crippen LogP contribution < -0.4 is 11.3 Å². The molecule has 0 saturated heterocycles. The Bertz CT molecular complexity index is 450. The summed E-state index contributed by atoms with van der Waals surface area (Å²) in [7, 11) is 0. The number of nitrogens with two attached hydrogens (primary N) is 1. The monoisotopic (exact) mass is 258 g/mol. The molecule has 2 rings (SSSR count). The zero-order chi connectivity index (χ0) is 13.6. The van der Waals surface area contributed by atoms with Gasteiger partial charge in [-0.2, -0.15) is 13.2 Å². The van der Waals surface area contributed by atoms with Crippen molar-refractivity contribution in [1.29, 1.82) is 0 Å². The van der Waals surface area contributed by atoms with Crippen LogP contribution in [-0.2, 0) is 6.18 Å². The number of halogens is 3. The van der Waals surface area contributed by atoms with Crippen LogP contribution in [0, 0.1) is 12.3 Å². The van der Waals surface area contributed by atoms with E-state index in [1.54, 1.807) is 6.92 Å². The molecule has 3 N–H and O–H groups in total. The number of rotatable bonds is 3. The van der Waals surface area contributed by atoms with Gasteiger partial charge in [0.1, 0.15) is 0 Å². The summed E-state index contributed by atoms with van der Waals surface area (Å²) in [6.07, 6.45) is -2.21. The molecule has 100 valence electrons. The highest BCUT2D eigenvalue weighted by Crippen LogP contribution is 2.54. The van der Waals surface area contributed by atoms with Crippen LogP contribution in [0.15, 0.2) is 18.2 Å². The van der Waals surface area contributed by atoms with Gasteiger partial charge in [0.25, 0.3) is 0 Å². The Morgan fingerprint density at radius 2 is 1.94 bits per heavy atom. The van der Waals surface area contributed by atoms with Gasteiger partial charge in [0.2, 0.25) is 0 Å². The van der Waals surface area contributed by atoms with Gasteiger partial charge in [-0.3, -0.25) is 11.3 Å². The molecule has 0 bridgehead atoms.